The Morgan fingerprint density at radius 2 is 1.17 bits per heavy atom. The molecule has 0 saturated carbocycles. The molecule has 18 heavy (non-hydrogen) atoms. The highest BCUT2D eigenvalue weighted by atomic mass is 16.4. The molecule has 2 fully saturated rings. The predicted molar refractivity (Wildman–Crippen MR) is 63.6 cm³/mol. The van der Waals surface area contributed by atoms with Gasteiger partial charge in [0.05, 0.1) is 0 Å². The average molecular weight is 260 g/mol. The molecule has 0 aliphatic carbocycles. The van der Waals surface area contributed by atoms with Crippen LogP contribution in [0, 0.1) is 0 Å². The van der Waals surface area contributed by atoms with Crippen molar-refractivity contribution in [1.29, 1.82) is 0 Å². The minimum Gasteiger partial charge on any atom is -0.369 e. The maximum absolute atomic E-state index is 10.9. The third-order valence-electron chi connectivity index (χ3n) is 3.09. The first kappa shape index (κ1) is 14.5. The molecule has 2 N–H and O–H groups in total. The monoisotopic (exact) mass is 260 g/mol. The fraction of sp³-hybridized carbons (Fsp3) is 0.800. The number of carbonyl (C=O) groups excluding carboxylic acids is 2. The van der Waals surface area contributed by atoms with Crippen molar-refractivity contribution < 1.29 is 19.8 Å². The molecule has 2 aliphatic heterocycles. The van der Waals surface area contributed by atoms with Crippen molar-refractivity contribution >= 4 is 12.1 Å². The molecule has 0 aromatic rings. The van der Waals surface area contributed by atoms with E-state index in [-0.39, 0.29) is 12.1 Å². The largest absolute Gasteiger partial charge is 0.369 e. The number of amides is 4. The molecule has 0 bridgehead atoms. The second-order valence-electron chi connectivity index (χ2n) is 4.46. The molecule has 2 atom stereocenters. The second-order valence-corrected chi connectivity index (χ2v) is 4.46. The van der Waals surface area contributed by atoms with Crippen molar-refractivity contribution in [1.82, 2.24) is 19.6 Å². The van der Waals surface area contributed by atoms with Gasteiger partial charge in [0, 0.05) is 41.3 Å². The molecule has 8 heteroatoms. The van der Waals surface area contributed by atoms with Gasteiger partial charge in [0.1, 0.15) is 0 Å². The molecule has 0 spiro atoms. The standard InChI is InChI=1S/C5H10N2O3.C5H10N2O/c1-6-3(8)4(9)7(2)5(6)10;1-6-3-4-7(2)5(6)8/h3-4,8-9H,1-2H3;3-4H2,1-2H3. The van der Waals surface area contributed by atoms with Crippen molar-refractivity contribution in [2.24, 2.45) is 0 Å². The Hall–Kier alpha value is -1.54. The van der Waals surface area contributed by atoms with Crippen LogP contribution in [-0.4, -0.2) is 95.6 Å². The summed E-state index contributed by atoms with van der Waals surface area (Å²) in [7, 11) is 6.48. The lowest BCUT2D eigenvalue weighted by atomic mass is 10.5. The molecular formula is C10H20N4O4. The van der Waals surface area contributed by atoms with Gasteiger partial charge in [-0.25, -0.2) is 9.59 Å². The van der Waals surface area contributed by atoms with Crippen molar-refractivity contribution in [2.45, 2.75) is 12.5 Å². The van der Waals surface area contributed by atoms with Gasteiger partial charge in [-0.05, 0) is 0 Å². The number of aliphatic hydroxyl groups excluding tert-OH is 2. The zero-order valence-corrected chi connectivity index (χ0v) is 11.1. The molecule has 0 aromatic carbocycles. The summed E-state index contributed by atoms with van der Waals surface area (Å²) in [4.78, 5) is 27.2. The van der Waals surface area contributed by atoms with Crippen LogP contribution in [0.4, 0.5) is 9.59 Å². The number of hydrogen-bond acceptors (Lipinski definition) is 4. The number of hydrogen-bond donors (Lipinski definition) is 2. The zero-order valence-electron chi connectivity index (χ0n) is 11.1. The topological polar surface area (TPSA) is 87.6 Å². The van der Waals surface area contributed by atoms with E-state index < -0.39 is 12.5 Å². The Kier molecular flexibility index (Phi) is 4.36. The van der Waals surface area contributed by atoms with Gasteiger partial charge in [0.15, 0.2) is 12.5 Å². The van der Waals surface area contributed by atoms with Gasteiger partial charge >= 0.3 is 12.1 Å². The minimum absolute atomic E-state index is 0.130. The van der Waals surface area contributed by atoms with Crippen LogP contribution in [0.2, 0.25) is 0 Å². The average Bonchev–Trinajstić information content (AvgIpc) is 2.73. The molecule has 0 radical (unpaired) electrons. The fourth-order valence-corrected chi connectivity index (χ4v) is 1.66. The van der Waals surface area contributed by atoms with E-state index in [9.17, 15) is 9.59 Å². The highest BCUT2D eigenvalue weighted by Crippen LogP contribution is 2.14. The van der Waals surface area contributed by atoms with Crippen LogP contribution in [0.1, 0.15) is 0 Å². The van der Waals surface area contributed by atoms with E-state index in [0.717, 1.165) is 22.9 Å². The normalized spacial score (nSPS) is 27.9. The van der Waals surface area contributed by atoms with E-state index >= 15 is 0 Å². The van der Waals surface area contributed by atoms with Gasteiger partial charge in [-0.2, -0.15) is 0 Å². The van der Waals surface area contributed by atoms with Crippen LogP contribution < -0.4 is 0 Å². The van der Waals surface area contributed by atoms with E-state index in [1.807, 2.05) is 14.1 Å². The zero-order chi connectivity index (χ0) is 14.0. The summed E-state index contributed by atoms with van der Waals surface area (Å²) < 4.78 is 0. The van der Waals surface area contributed by atoms with Gasteiger partial charge < -0.3 is 20.0 Å². The molecule has 2 saturated heterocycles. The summed E-state index contributed by atoms with van der Waals surface area (Å²) >= 11 is 0. The molecule has 2 heterocycles. The van der Waals surface area contributed by atoms with Gasteiger partial charge in [-0.1, -0.05) is 0 Å². The second kappa shape index (κ2) is 5.40. The molecule has 2 rings (SSSR count). The Bertz CT molecular complexity index is 310. The van der Waals surface area contributed by atoms with E-state index in [2.05, 4.69) is 0 Å². The van der Waals surface area contributed by atoms with Crippen molar-refractivity contribution in [3.8, 4) is 0 Å². The molecule has 2 unspecified atom stereocenters. The van der Waals surface area contributed by atoms with Crippen LogP contribution in [0.25, 0.3) is 0 Å². The van der Waals surface area contributed by atoms with E-state index in [4.69, 9.17) is 10.2 Å². The lowest BCUT2D eigenvalue weighted by Crippen LogP contribution is -2.34. The molecule has 104 valence electrons. The highest BCUT2D eigenvalue weighted by Gasteiger charge is 2.39. The van der Waals surface area contributed by atoms with Gasteiger partial charge in [-0.3, -0.25) is 9.80 Å². The summed E-state index contributed by atoms with van der Waals surface area (Å²) in [6, 6.07) is -0.245. The molecule has 2 aliphatic rings. The summed E-state index contributed by atoms with van der Waals surface area (Å²) in [6.07, 6.45) is -2.20. The summed E-state index contributed by atoms with van der Waals surface area (Å²) in [5.41, 5.74) is 0. The predicted octanol–water partition coefficient (Wildman–Crippen LogP) is -1.40. The van der Waals surface area contributed by atoms with Crippen LogP contribution in [0.5, 0.6) is 0 Å². The smallest absolute Gasteiger partial charge is 0.323 e. The number of likely N-dealkylation sites (N-methyl/N-ethyl adjacent to an activating group) is 4. The number of aliphatic hydroxyl groups is 2. The van der Waals surface area contributed by atoms with Gasteiger partial charge in [-0.15, -0.1) is 0 Å². The molecular weight excluding hydrogens is 240 g/mol. The Morgan fingerprint density at radius 3 is 1.28 bits per heavy atom. The molecule has 4 amide bonds. The maximum Gasteiger partial charge on any atom is 0.323 e. The molecule has 0 aromatic heterocycles. The first-order chi connectivity index (χ1) is 8.27. The summed E-state index contributed by atoms with van der Waals surface area (Å²) in [6.45, 7) is 1.74. The number of rotatable bonds is 0. The Morgan fingerprint density at radius 1 is 0.833 bits per heavy atom. The Labute approximate surface area is 106 Å². The van der Waals surface area contributed by atoms with E-state index in [1.165, 1.54) is 14.1 Å². The lowest BCUT2D eigenvalue weighted by Gasteiger charge is -2.13. The third kappa shape index (κ3) is 2.65. The quantitative estimate of drug-likeness (QED) is 0.561. The SMILES string of the molecule is CN1C(=O)N(C)C(O)C1O.CN1CCN(C)C1=O. The molecule has 8 nitrogen and oxygen atoms in total. The fourth-order valence-electron chi connectivity index (χ4n) is 1.66. The third-order valence-corrected chi connectivity index (χ3v) is 3.09. The van der Waals surface area contributed by atoms with Crippen molar-refractivity contribution in [3.63, 3.8) is 0 Å². The number of urea groups is 2. The van der Waals surface area contributed by atoms with Crippen molar-refractivity contribution in [2.75, 3.05) is 41.3 Å². The van der Waals surface area contributed by atoms with Gasteiger partial charge in [0.2, 0.25) is 0 Å². The first-order valence-electron chi connectivity index (χ1n) is 5.59. The van der Waals surface area contributed by atoms with Crippen molar-refractivity contribution in [3.05, 3.63) is 0 Å². The Balaban J connectivity index is 0.000000184. The van der Waals surface area contributed by atoms with Crippen LogP contribution in [-0.2, 0) is 0 Å². The highest BCUT2D eigenvalue weighted by molar-refractivity contribution is 5.76. The summed E-state index contributed by atoms with van der Waals surface area (Å²) in [5.74, 6) is 0. The number of nitrogens with zero attached hydrogens (tertiary/aromatic N) is 4. The first-order valence-corrected chi connectivity index (χ1v) is 5.59. The van der Waals surface area contributed by atoms with Crippen LogP contribution in [0.3, 0.4) is 0 Å². The minimum atomic E-state index is -1.10. The number of carbonyl (C=O) groups is 2. The van der Waals surface area contributed by atoms with Crippen LogP contribution >= 0.6 is 0 Å². The van der Waals surface area contributed by atoms with Gasteiger partial charge in [0.25, 0.3) is 0 Å². The van der Waals surface area contributed by atoms with E-state index in [1.54, 1.807) is 9.80 Å². The van der Waals surface area contributed by atoms with E-state index in [0.29, 0.717) is 0 Å². The maximum atomic E-state index is 10.9. The lowest BCUT2D eigenvalue weighted by molar-refractivity contribution is -0.0550. The van der Waals surface area contributed by atoms with Crippen LogP contribution in [0.15, 0.2) is 0 Å². The summed E-state index contributed by atoms with van der Waals surface area (Å²) in [5, 5.41) is 18.0.